The number of aromatic amines is 1. The standard InChI is InChI=1S/C18H24N4O2/c1-13(2)14-12-15(20-19-14)18(23)22-10-8-21(9-11-22)16-6-4-5-7-17(16)24-3/h4-7,12-13H,8-11H2,1-3H3,(H,19,20). The van der Waals surface area contributed by atoms with E-state index in [1.807, 2.05) is 29.2 Å². The van der Waals surface area contributed by atoms with Gasteiger partial charge in [0.15, 0.2) is 0 Å². The molecule has 6 heteroatoms. The lowest BCUT2D eigenvalue weighted by Crippen LogP contribution is -2.49. The molecule has 0 atom stereocenters. The van der Waals surface area contributed by atoms with Gasteiger partial charge >= 0.3 is 0 Å². The van der Waals surface area contributed by atoms with Gasteiger partial charge in [-0.25, -0.2) is 0 Å². The number of para-hydroxylation sites is 2. The summed E-state index contributed by atoms with van der Waals surface area (Å²) < 4.78 is 5.43. The summed E-state index contributed by atoms with van der Waals surface area (Å²) in [6, 6.07) is 9.85. The summed E-state index contributed by atoms with van der Waals surface area (Å²) in [6.07, 6.45) is 0. The van der Waals surface area contributed by atoms with Gasteiger partial charge in [0.1, 0.15) is 11.4 Å². The maximum Gasteiger partial charge on any atom is 0.274 e. The van der Waals surface area contributed by atoms with E-state index < -0.39 is 0 Å². The number of rotatable bonds is 4. The Morgan fingerprint density at radius 1 is 1.21 bits per heavy atom. The number of nitrogens with one attached hydrogen (secondary N) is 1. The summed E-state index contributed by atoms with van der Waals surface area (Å²) in [5.74, 6) is 1.20. The second-order valence-corrected chi connectivity index (χ2v) is 6.31. The van der Waals surface area contributed by atoms with Crippen LogP contribution in [0.3, 0.4) is 0 Å². The molecule has 1 aromatic carbocycles. The van der Waals surface area contributed by atoms with Crippen LogP contribution < -0.4 is 9.64 Å². The molecule has 0 bridgehead atoms. The molecule has 0 saturated carbocycles. The molecule has 1 saturated heterocycles. The highest BCUT2D eigenvalue weighted by atomic mass is 16.5. The summed E-state index contributed by atoms with van der Waals surface area (Å²) in [7, 11) is 1.68. The Labute approximate surface area is 142 Å². The minimum atomic E-state index is -0.00201. The van der Waals surface area contributed by atoms with Crippen molar-refractivity contribution in [3.63, 3.8) is 0 Å². The fourth-order valence-electron chi connectivity index (χ4n) is 2.95. The molecule has 2 heterocycles. The molecule has 2 aromatic rings. The topological polar surface area (TPSA) is 61.5 Å². The molecular weight excluding hydrogens is 304 g/mol. The highest BCUT2D eigenvalue weighted by Gasteiger charge is 2.25. The number of carbonyl (C=O) groups excluding carboxylic acids is 1. The van der Waals surface area contributed by atoms with E-state index >= 15 is 0 Å². The smallest absolute Gasteiger partial charge is 0.274 e. The number of piperazine rings is 1. The maximum atomic E-state index is 12.6. The lowest BCUT2D eigenvalue weighted by Gasteiger charge is -2.36. The Kier molecular flexibility index (Phi) is 4.74. The van der Waals surface area contributed by atoms with Crippen molar-refractivity contribution in [2.45, 2.75) is 19.8 Å². The lowest BCUT2D eigenvalue weighted by atomic mass is 10.1. The lowest BCUT2D eigenvalue weighted by molar-refractivity contribution is 0.0740. The number of aromatic nitrogens is 2. The molecule has 0 radical (unpaired) electrons. The number of hydrogen-bond donors (Lipinski definition) is 1. The van der Waals surface area contributed by atoms with Gasteiger partial charge in [-0.3, -0.25) is 9.89 Å². The zero-order valence-corrected chi connectivity index (χ0v) is 14.5. The van der Waals surface area contributed by atoms with E-state index in [1.165, 1.54) is 0 Å². The van der Waals surface area contributed by atoms with E-state index in [9.17, 15) is 4.79 Å². The van der Waals surface area contributed by atoms with E-state index in [1.54, 1.807) is 7.11 Å². The molecule has 3 rings (SSSR count). The van der Waals surface area contributed by atoms with Gasteiger partial charge in [-0.2, -0.15) is 5.10 Å². The first-order chi connectivity index (χ1) is 11.6. The molecule has 1 N–H and O–H groups in total. The van der Waals surface area contributed by atoms with Crippen LogP contribution in [0.2, 0.25) is 0 Å². The number of nitrogens with zero attached hydrogens (tertiary/aromatic N) is 3. The summed E-state index contributed by atoms with van der Waals surface area (Å²) in [6.45, 7) is 7.09. The maximum absolute atomic E-state index is 12.6. The highest BCUT2D eigenvalue weighted by Crippen LogP contribution is 2.28. The molecule has 128 valence electrons. The summed E-state index contributed by atoms with van der Waals surface area (Å²) in [4.78, 5) is 16.7. The monoisotopic (exact) mass is 328 g/mol. The number of anilines is 1. The zero-order valence-electron chi connectivity index (χ0n) is 14.5. The minimum absolute atomic E-state index is 0.00201. The van der Waals surface area contributed by atoms with Crippen molar-refractivity contribution in [2.24, 2.45) is 0 Å². The quantitative estimate of drug-likeness (QED) is 0.937. The summed E-state index contributed by atoms with van der Waals surface area (Å²) >= 11 is 0. The predicted molar refractivity (Wildman–Crippen MR) is 93.8 cm³/mol. The largest absolute Gasteiger partial charge is 0.495 e. The van der Waals surface area contributed by atoms with Gasteiger partial charge < -0.3 is 14.5 Å². The third-order valence-electron chi connectivity index (χ3n) is 4.43. The average molecular weight is 328 g/mol. The predicted octanol–water partition coefficient (Wildman–Crippen LogP) is 2.50. The zero-order chi connectivity index (χ0) is 17.1. The van der Waals surface area contributed by atoms with Crippen LogP contribution in [0.1, 0.15) is 35.9 Å². The number of hydrogen-bond acceptors (Lipinski definition) is 4. The SMILES string of the molecule is COc1ccccc1N1CCN(C(=O)c2cc(C(C)C)[nH]n2)CC1. The van der Waals surface area contributed by atoms with Crippen molar-refractivity contribution >= 4 is 11.6 Å². The highest BCUT2D eigenvalue weighted by molar-refractivity contribution is 5.92. The molecule has 1 amide bonds. The molecule has 0 spiro atoms. The fraction of sp³-hybridized carbons (Fsp3) is 0.444. The summed E-state index contributed by atoms with van der Waals surface area (Å²) in [5.41, 5.74) is 2.57. The van der Waals surface area contributed by atoms with Gasteiger partial charge in [0.25, 0.3) is 5.91 Å². The number of methoxy groups -OCH3 is 1. The first-order valence-electron chi connectivity index (χ1n) is 8.32. The van der Waals surface area contributed by atoms with E-state index in [0.29, 0.717) is 24.7 Å². The Balaban J connectivity index is 1.65. The molecule has 1 aromatic heterocycles. The second kappa shape index (κ2) is 6.95. The van der Waals surface area contributed by atoms with Crippen molar-refractivity contribution in [3.8, 4) is 5.75 Å². The molecule has 24 heavy (non-hydrogen) atoms. The number of ether oxygens (including phenoxy) is 1. The molecule has 1 aliphatic rings. The van der Waals surface area contributed by atoms with Crippen LogP contribution >= 0.6 is 0 Å². The van der Waals surface area contributed by atoms with Crippen molar-refractivity contribution in [2.75, 3.05) is 38.2 Å². The summed E-state index contributed by atoms with van der Waals surface area (Å²) in [5, 5.41) is 7.12. The van der Waals surface area contributed by atoms with Crippen molar-refractivity contribution in [1.82, 2.24) is 15.1 Å². The van der Waals surface area contributed by atoms with Crippen LogP contribution in [0.15, 0.2) is 30.3 Å². The van der Waals surface area contributed by atoms with Crippen LogP contribution in [0.25, 0.3) is 0 Å². The van der Waals surface area contributed by atoms with Crippen LogP contribution in [-0.2, 0) is 0 Å². The minimum Gasteiger partial charge on any atom is -0.495 e. The third kappa shape index (κ3) is 3.22. The van der Waals surface area contributed by atoms with E-state index in [-0.39, 0.29) is 5.91 Å². The van der Waals surface area contributed by atoms with Gasteiger partial charge in [-0.05, 0) is 24.1 Å². The third-order valence-corrected chi connectivity index (χ3v) is 4.43. The van der Waals surface area contributed by atoms with Gasteiger partial charge in [0.2, 0.25) is 0 Å². The van der Waals surface area contributed by atoms with Crippen molar-refractivity contribution in [1.29, 1.82) is 0 Å². The first kappa shape index (κ1) is 16.4. The first-order valence-corrected chi connectivity index (χ1v) is 8.32. The van der Waals surface area contributed by atoms with Crippen LogP contribution in [-0.4, -0.2) is 54.3 Å². The normalized spacial score (nSPS) is 15.0. The van der Waals surface area contributed by atoms with Gasteiger partial charge in [-0.15, -0.1) is 0 Å². The van der Waals surface area contributed by atoms with Crippen LogP contribution in [0, 0.1) is 0 Å². The van der Waals surface area contributed by atoms with Crippen LogP contribution in [0.5, 0.6) is 5.75 Å². The van der Waals surface area contributed by atoms with Gasteiger partial charge in [0.05, 0.1) is 12.8 Å². The number of amides is 1. The fourth-order valence-corrected chi connectivity index (χ4v) is 2.95. The molecular formula is C18H24N4O2. The molecule has 0 aliphatic carbocycles. The molecule has 0 unspecified atom stereocenters. The number of benzene rings is 1. The van der Waals surface area contributed by atoms with Crippen LogP contribution in [0.4, 0.5) is 5.69 Å². The number of H-pyrrole nitrogens is 1. The second-order valence-electron chi connectivity index (χ2n) is 6.31. The Morgan fingerprint density at radius 3 is 2.54 bits per heavy atom. The van der Waals surface area contributed by atoms with Gasteiger partial charge in [-0.1, -0.05) is 26.0 Å². The van der Waals surface area contributed by atoms with Crippen molar-refractivity contribution in [3.05, 3.63) is 41.7 Å². The Bertz CT molecular complexity index is 703. The molecule has 6 nitrogen and oxygen atoms in total. The van der Waals surface area contributed by atoms with Gasteiger partial charge in [0, 0.05) is 31.9 Å². The van der Waals surface area contributed by atoms with Crippen molar-refractivity contribution < 1.29 is 9.53 Å². The van der Waals surface area contributed by atoms with E-state index in [4.69, 9.17) is 4.74 Å². The number of carbonyl (C=O) groups is 1. The average Bonchev–Trinajstić information content (AvgIpc) is 3.11. The Morgan fingerprint density at radius 2 is 1.92 bits per heavy atom. The van der Waals surface area contributed by atoms with E-state index in [0.717, 1.165) is 30.2 Å². The Hall–Kier alpha value is -2.50. The molecule has 1 aliphatic heterocycles. The molecule has 1 fully saturated rings. The van der Waals surface area contributed by atoms with E-state index in [2.05, 4.69) is 35.0 Å².